The van der Waals surface area contributed by atoms with Gasteiger partial charge in [0.1, 0.15) is 0 Å². The van der Waals surface area contributed by atoms with E-state index in [9.17, 15) is 4.79 Å². The van der Waals surface area contributed by atoms with Gasteiger partial charge in [-0.25, -0.2) is 4.79 Å². The molecule has 0 aliphatic heterocycles. The standard InChI is InChI=1S/C10H11N3O/c11-7-2-1-3-8-9(7)12-10(14)13(8)6-4-5-6/h1-3,6H,4-5,11H2,(H,12,14). The Kier molecular flexibility index (Phi) is 1.32. The Bertz CT molecular complexity index is 548. The molecule has 1 heterocycles. The number of benzene rings is 1. The summed E-state index contributed by atoms with van der Waals surface area (Å²) in [6.07, 6.45) is 2.20. The zero-order valence-electron chi connectivity index (χ0n) is 7.66. The predicted octanol–water partition coefficient (Wildman–Crippen LogP) is 1.25. The molecule has 3 N–H and O–H groups in total. The largest absolute Gasteiger partial charge is 0.397 e. The normalized spacial score (nSPS) is 16.3. The van der Waals surface area contributed by atoms with Gasteiger partial charge in [-0.05, 0) is 25.0 Å². The summed E-state index contributed by atoms with van der Waals surface area (Å²) in [4.78, 5) is 14.4. The molecule has 1 aromatic heterocycles. The lowest BCUT2D eigenvalue weighted by Crippen LogP contribution is -2.14. The van der Waals surface area contributed by atoms with Gasteiger partial charge in [0.2, 0.25) is 0 Å². The number of anilines is 1. The Morgan fingerprint density at radius 3 is 2.93 bits per heavy atom. The lowest BCUT2D eigenvalue weighted by atomic mass is 10.3. The number of nitrogens with one attached hydrogen (secondary N) is 1. The van der Waals surface area contributed by atoms with Crippen molar-refractivity contribution < 1.29 is 0 Å². The predicted molar refractivity (Wildman–Crippen MR) is 55.2 cm³/mol. The molecule has 1 saturated carbocycles. The van der Waals surface area contributed by atoms with Crippen LogP contribution in [0.25, 0.3) is 11.0 Å². The molecular weight excluding hydrogens is 178 g/mol. The lowest BCUT2D eigenvalue weighted by Gasteiger charge is -1.99. The average molecular weight is 189 g/mol. The van der Waals surface area contributed by atoms with Crippen molar-refractivity contribution in [1.29, 1.82) is 0 Å². The van der Waals surface area contributed by atoms with Gasteiger partial charge in [-0.2, -0.15) is 0 Å². The summed E-state index contributed by atoms with van der Waals surface area (Å²) in [5, 5.41) is 0. The summed E-state index contributed by atoms with van der Waals surface area (Å²) in [5.74, 6) is 0. The van der Waals surface area contributed by atoms with Gasteiger partial charge in [-0.1, -0.05) is 6.07 Å². The van der Waals surface area contributed by atoms with Crippen LogP contribution in [-0.4, -0.2) is 9.55 Å². The van der Waals surface area contributed by atoms with E-state index in [0.717, 1.165) is 23.9 Å². The molecule has 2 aromatic rings. The van der Waals surface area contributed by atoms with Crippen LogP contribution < -0.4 is 11.4 Å². The van der Waals surface area contributed by atoms with E-state index in [0.29, 0.717) is 11.7 Å². The maximum atomic E-state index is 11.6. The van der Waals surface area contributed by atoms with Crippen LogP contribution in [0.3, 0.4) is 0 Å². The van der Waals surface area contributed by atoms with Gasteiger partial charge in [-0.15, -0.1) is 0 Å². The first-order valence-corrected chi connectivity index (χ1v) is 4.76. The van der Waals surface area contributed by atoms with E-state index in [4.69, 9.17) is 5.73 Å². The van der Waals surface area contributed by atoms with Gasteiger partial charge in [0.05, 0.1) is 16.7 Å². The second-order valence-corrected chi connectivity index (χ2v) is 3.77. The number of imidazole rings is 1. The number of rotatable bonds is 1. The summed E-state index contributed by atoms with van der Waals surface area (Å²) in [5.41, 5.74) is 8.07. The number of nitrogens with two attached hydrogens (primary N) is 1. The molecule has 0 saturated heterocycles. The first kappa shape index (κ1) is 7.67. The maximum Gasteiger partial charge on any atom is 0.326 e. The second kappa shape index (κ2) is 2.41. The fraction of sp³-hybridized carbons (Fsp3) is 0.300. The molecule has 4 nitrogen and oxygen atoms in total. The van der Waals surface area contributed by atoms with E-state index in [1.807, 2.05) is 16.7 Å². The van der Waals surface area contributed by atoms with Crippen LogP contribution in [0.15, 0.2) is 23.0 Å². The molecule has 0 radical (unpaired) electrons. The number of H-pyrrole nitrogens is 1. The highest BCUT2D eigenvalue weighted by Gasteiger charge is 2.27. The number of hydrogen-bond acceptors (Lipinski definition) is 2. The molecule has 0 amide bonds. The number of fused-ring (bicyclic) bond motifs is 1. The summed E-state index contributed by atoms with van der Waals surface area (Å²) >= 11 is 0. The third-order valence-corrected chi connectivity index (χ3v) is 2.70. The number of nitrogen functional groups attached to an aromatic ring is 1. The van der Waals surface area contributed by atoms with E-state index in [-0.39, 0.29) is 5.69 Å². The van der Waals surface area contributed by atoms with E-state index < -0.39 is 0 Å². The van der Waals surface area contributed by atoms with Crippen molar-refractivity contribution in [2.45, 2.75) is 18.9 Å². The lowest BCUT2D eigenvalue weighted by molar-refractivity contribution is 0.733. The van der Waals surface area contributed by atoms with Gasteiger partial charge in [0.25, 0.3) is 0 Å². The van der Waals surface area contributed by atoms with Crippen LogP contribution in [-0.2, 0) is 0 Å². The van der Waals surface area contributed by atoms with Crippen molar-refractivity contribution in [1.82, 2.24) is 9.55 Å². The summed E-state index contributed by atoms with van der Waals surface area (Å²) in [7, 11) is 0. The number of aromatic amines is 1. The van der Waals surface area contributed by atoms with Crippen LogP contribution in [0.2, 0.25) is 0 Å². The fourth-order valence-electron chi connectivity index (χ4n) is 1.87. The number of para-hydroxylation sites is 1. The molecule has 3 rings (SSSR count). The Morgan fingerprint density at radius 1 is 1.43 bits per heavy atom. The van der Waals surface area contributed by atoms with E-state index in [1.165, 1.54) is 0 Å². The Labute approximate surface area is 80.3 Å². The van der Waals surface area contributed by atoms with E-state index >= 15 is 0 Å². The highest BCUT2D eigenvalue weighted by molar-refractivity contribution is 5.87. The molecule has 4 heteroatoms. The van der Waals surface area contributed by atoms with Crippen molar-refractivity contribution in [3.05, 3.63) is 28.7 Å². The van der Waals surface area contributed by atoms with Crippen LogP contribution in [0.1, 0.15) is 18.9 Å². The highest BCUT2D eigenvalue weighted by Crippen LogP contribution is 2.36. The summed E-state index contributed by atoms with van der Waals surface area (Å²) in [6, 6.07) is 6.00. The maximum absolute atomic E-state index is 11.6. The minimum Gasteiger partial charge on any atom is -0.397 e. The smallest absolute Gasteiger partial charge is 0.326 e. The van der Waals surface area contributed by atoms with Crippen molar-refractivity contribution >= 4 is 16.7 Å². The molecule has 0 bridgehead atoms. The van der Waals surface area contributed by atoms with Crippen LogP contribution >= 0.6 is 0 Å². The van der Waals surface area contributed by atoms with Crippen LogP contribution in [0, 0.1) is 0 Å². The minimum absolute atomic E-state index is 0.0413. The fourth-order valence-corrected chi connectivity index (χ4v) is 1.87. The van der Waals surface area contributed by atoms with Gasteiger partial charge < -0.3 is 10.7 Å². The molecule has 0 unspecified atom stereocenters. The Balaban J connectivity index is 2.43. The zero-order valence-corrected chi connectivity index (χ0v) is 7.66. The molecule has 1 aromatic carbocycles. The van der Waals surface area contributed by atoms with Gasteiger partial charge in [0, 0.05) is 6.04 Å². The van der Waals surface area contributed by atoms with Crippen LogP contribution in [0.5, 0.6) is 0 Å². The number of nitrogens with zero attached hydrogens (tertiary/aromatic N) is 1. The van der Waals surface area contributed by atoms with Crippen molar-refractivity contribution in [2.24, 2.45) is 0 Å². The molecule has 72 valence electrons. The SMILES string of the molecule is Nc1cccc2c1[nH]c(=O)n2C1CC1. The zero-order chi connectivity index (χ0) is 9.71. The molecule has 0 atom stereocenters. The molecular formula is C10H11N3O. The van der Waals surface area contributed by atoms with Gasteiger partial charge in [0.15, 0.2) is 0 Å². The quantitative estimate of drug-likeness (QED) is 0.663. The third kappa shape index (κ3) is 0.907. The Hall–Kier alpha value is -1.71. The number of aromatic nitrogens is 2. The van der Waals surface area contributed by atoms with Gasteiger partial charge >= 0.3 is 5.69 Å². The Morgan fingerprint density at radius 2 is 2.21 bits per heavy atom. The number of hydrogen-bond donors (Lipinski definition) is 2. The molecule has 0 spiro atoms. The average Bonchev–Trinajstić information content (AvgIpc) is 2.91. The molecule has 1 aliphatic carbocycles. The van der Waals surface area contributed by atoms with Crippen LogP contribution in [0.4, 0.5) is 5.69 Å². The first-order chi connectivity index (χ1) is 6.77. The first-order valence-electron chi connectivity index (χ1n) is 4.76. The second-order valence-electron chi connectivity index (χ2n) is 3.77. The van der Waals surface area contributed by atoms with Crippen molar-refractivity contribution in [2.75, 3.05) is 5.73 Å². The van der Waals surface area contributed by atoms with Gasteiger partial charge in [-0.3, -0.25) is 4.57 Å². The summed E-state index contributed by atoms with van der Waals surface area (Å²) < 4.78 is 1.81. The van der Waals surface area contributed by atoms with E-state index in [1.54, 1.807) is 6.07 Å². The molecule has 1 aliphatic rings. The molecule has 1 fully saturated rings. The monoisotopic (exact) mass is 189 g/mol. The third-order valence-electron chi connectivity index (χ3n) is 2.70. The summed E-state index contributed by atoms with van der Waals surface area (Å²) in [6.45, 7) is 0. The van der Waals surface area contributed by atoms with E-state index in [2.05, 4.69) is 4.98 Å². The molecule has 14 heavy (non-hydrogen) atoms. The topological polar surface area (TPSA) is 63.8 Å². The highest BCUT2D eigenvalue weighted by atomic mass is 16.1. The van der Waals surface area contributed by atoms with Crippen molar-refractivity contribution in [3.63, 3.8) is 0 Å². The minimum atomic E-state index is -0.0413. The van der Waals surface area contributed by atoms with Crippen molar-refractivity contribution in [3.8, 4) is 0 Å².